The summed E-state index contributed by atoms with van der Waals surface area (Å²) in [5, 5.41) is 8.38. The van der Waals surface area contributed by atoms with Crippen LogP contribution >= 0.6 is 0 Å². The van der Waals surface area contributed by atoms with Crippen LogP contribution in [0, 0.1) is 5.92 Å². The van der Waals surface area contributed by atoms with E-state index < -0.39 is 10.2 Å². The van der Waals surface area contributed by atoms with Crippen LogP contribution in [0.3, 0.4) is 0 Å². The van der Waals surface area contributed by atoms with Gasteiger partial charge in [0.25, 0.3) is 10.2 Å². The highest BCUT2D eigenvalue weighted by atomic mass is 32.2. The second-order valence-electron chi connectivity index (χ2n) is 8.18. The standard InChI is InChI=1S/C18H30N4O4S/c1-18(2,3)16-4-5-17(20-19-16)26-14-15-6-8-21(9-7-15)27(23,24)22-10-12-25-13-11-22/h4-5,15H,6-14H2,1-3H3. The quantitative estimate of drug-likeness (QED) is 0.746. The summed E-state index contributed by atoms with van der Waals surface area (Å²) in [4.78, 5) is 0. The van der Waals surface area contributed by atoms with E-state index >= 15 is 0 Å². The summed E-state index contributed by atoms with van der Waals surface area (Å²) in [7, 11) is -3.37. The summed E-state index contributed by atoms with van der Waals surface area (Å²) in [6, 6.07) is 3.80. The average molecular weight is 399 g/mol. The Labute approximate surface area is 162 Å². The topological polar surface area (TPSA) is 84.9 Å². The molecule has 1 aromatic rings. The molecule has 3 heterocycles. The third kappa shape index (κ3) is 5.16. The molecule has 1 aromatic heterocycles. The molecule has 0 spiro atoms. The second kappa shape index (κ2) is 8.38. The lowest BCUT2D eigenvalue weighted by Crippen LogP contribution is -2.51. The number of hydrogen-bond donors (Lipinski definition) is 0. The van der Waals surface area contributed by atoms with Crippen molar-refractivity contribution < 1.29 is 17.9 Å². The van der Waals surface area contributed by atoms with E-state index in [0.717, 1.165) is 18.5 Å². The normalized spacial score (nSPS) is 21.3. The average Bonchev–Trinajstić information content (AvgIpc) is 2.67. The minimum absolute atomic E-state index is 0.0374. The zero-order valence-corrected chi connectivity index (χ0v) is 17.2. The third-order valence-electron chi connectivity index (χ3n) is 5.07. The Morgan fingerprint density at radius 1 is 1.07 bits per heavy atom. The van der Waals surface area contributed by atoms with E-state index in [1.165, 1.54) is 4.31 Å². The van der Waals surface area contributed by atoms with Crippen LogP contribution in [0.25, 0.3) is 0 Å². The molecule has 2 aliphatic heterocycles. The zero-order valence-electron chi connectivity index (χ0n) is 16.4. The largest absolute Gasteiger partial charge is 0.476 e. The zero-order chi connectivity index (χ0) is 19.5. The van der Waals surface area contributed by atoms with E-state index in [2.05, 4.69) is 31.0 Å². The highest BCUT2D eigenvalue weighted by Gasteiger charge is 2.33. The predicted molar refractivity (Wildman–Crippen MR) is 102 cm³/mol. The summed E-state index contributed by atoms with van der Waals surface area (Å²) in [6.45, 7) is 9.70. The third-order valence-corrected chi connectivity index (χ3v) is 7.11. The number of aromatic nitrogens is 2. The maximum absolute atomic E-state index is 12.7. The van der Waals surface area contributed by atoms with Crippen molar-refractivity contribution in [2.75, 3.05) is 46.0 Å². The molecule has 0 aliphatic carbocycles. The van der Waals surface area contributed by atoms with Crippen molar-refractivity contribution in [3.63, 3.8) is 0 Å². The molecule has 2 saturated heterocycles. The maximum atomic E-state index is 12.7. The lowest BCUT2D eigenvalue weighted by molar-refractivity contribution is 0.0688. The molecule has 8 nitrogen and oxygen atoms in total. The summed E-state index contributed by atoms with van der Waals surface area (Å²) >= 11 is 0. The van der Waals surface area contributed by atoms with Gasteiger partial charge in [-0.15, -0.1) is 5.10 Å². The minimum atomic E-state index is -3.37. The van der Waals surface area contributed by atoms with Crippen LogP contribution in [0.5, 0.6) is 5.88 Å². The molecule has 152 valence electrons. The lowest BCUT2D eigenvalue weighted by atomic mass is 9.92. The van der Waals surface area contributed by atoms with Gasteiger partial charge in [0.2, 0.25) is 5.88 Å². The smallest absolute Gasteiger partial charge is 0.282 e. The molecule has 2 aliphatic rings. The van der Waals surface area contributed by atoms with Crippen molar-refractivity contribution >= 4 is 10.2 Å². The molecule has 0 saturated carbocycles. The first-order chi connectivity index (χ1) is 12.8. The molecule has 0 N–H and O–H groups in total. The van der Waals surface area contributed by atoms with Crippen LogP contribution in [0.1, 0.15) is 39.3 Å². The van der Waals surface area contributed by atoms with Crippen molar-refractivity contribution in [1.29, 1.82) is 0 Å². The first-order valence-electron chi connectivity index (χ1n) is 9.57. The Morgan fingerprint density at radius 2 is 1.70 bits per heavy atom. The molecule has 2 fully saturated rings. The Hall–Kier alpha value is -1.29. The number of rotatable bonds is 5. The first-order valence-corrected chi connectivity index (χ1v) is 11.0. The Morgan fingerprint density at radius 3 is 2.26 bits per heavy atom. The van der Waals surface area contributed by atoms with Gasteiger partial charge < -0.3 is 9.47 Å². The summed E-state index contributed by atoms with van der Waals surface area (Å²) in [5.74, 6) is 0.844. The minimum Gasteiger partial charge on any atom is -0.476 e. The van der Waals surface area contributed by atoms with Crippen molar-refractivity contribution in [3.05, 3.63) is 17.8 Å². The fourth-order valence-electron chi connectivity index (χ4n) is 3.25. The van der Waals surface area contributed by atoms with Crippen LogP contribution in [0.4, 0.5) is 0 Å². The van der Waals surface area contributed by atoms with Crippen LogP contribution in [0.15, 0.2) is 12.1 Å². The van der Waals surface area contributed by atoms with Crippen LogP contribution < -0.4 is 4.74 Å². The Kier molecular flexibility index (Phi) is 6.35. The number of nitrogens with zero attached hydrogens (tertiary/aromatic N) is 4. The second-order valence-corrected chi connectivity index (χ2v) is 10.1. The first kappa shape index (κ1) is 20.4. The predicted octanol–water partition coefficient (Wildman–Crippen LogP) is 1.44. The highest BCUT2D eigenvalue weighted by Crippen LogP contribution is 2.24. The molecular formula is C18H30N4O4S. The van der Waals surface area contributed by atoms with Gasteiger partial charge in [0, 0.05) is 37.7 Å². The molecule has 0 amide bonds. The van der Waals surface area contributed by atoms with Crippen molar-refractivity contribution in [1.82, 2.24) is 18.8 Å². The molecule has 27 heavy (non-hydrogen) atoms. The fourth-order valence-corrected chi connectivity index (χ4v) is 4.86. The van der Waals surface area contributed by atoms with Crippen LogP contribution in [0.2, 0.25) is 0 Å². The van der Waals surface area contributed by atoms with Gasteiger partial charge in [0.05, 0.1) is 25.5 Å². The number of hydrogen-bond acceptors (Lipinski definition) is 6. The van der Waals surface area contributed by atoms with Gasteiger partial charge in [0.1, 0.15) is 0 Å². The van der Waals surface area contributed by atoms with E-state index in [1.54, 1.807) is 4.31 Å². The van der Waals surface area contributed by atoms with Gasteiger partial charge in [-0.25, -0.2) is 0 Å². The molecule has 0 bridgehead atoms. The molecule has 0 atom stereocenters. The number of piperidine rings is 1. The number of morpholine rings is 1. The molecule has 0 unspecified atom stereocenters. The van der Waals surface area contributed by atoms with E-state index in [-0.39, 0.29) is 5.41 Å². The van der Waals surface area contributed by atoms with Crippen molar-refractivity contribution in [2.24, 2.45) is 5.92 Å². The van der Waals surface area contributed by atoms with Crippen molar-refractivity contribution in [3.8, 4) is 5.88 Å². The molecular weight excluding hydrogens is 368 g/mol. The highest BCUT2D eigenvalue weighted by molar-refractivity contribution is 7.86. The maximum Gasteiger partial charge on any atom is 0.282 e. The van der Waals surface area contributed by atoms with E-state index in [1.807, 2.05) is 12.1 Å². The van der Waals surface area contributed by atoms with Gasteiger partial charge in [-0.1, -0.05) is 20.8 Å². The van der Waals surface area contributed by atoms with Gasteiger partial charge >= 0.3 is 0 Å². The van der Waals surface area contributed by atoms with Crippen molar-refractivity contribution in [2.45, 2.75) is 39.0 Å². The van der Waals surface area contributed by atoms with Gasteiger partial charge in [-0.05, 0) is 24.8 Å². The summed E-state index contributed by atoms with van der Waals surface area (Å²) in [6.07, 6.45) is 1.58. The number of ether oxygens (including phenoxy) is 2. The fraction of sp³-hybridized carbons (Fsp3) is 0.778. The summed E-state index contributed by atoms with van der Waals surface area (Å²) in [5.41, 5.74) is 0.890. The lowest BCUT2D eigenvalue weighted by Gasteiger charge is -2.36. The Balaban J connectivity index is 1.47. The SMILES string of the molecule is CC(C)(C)c1ccc(OCC2CCN(S(=O)(=O)N3CCOCC3)CC2)nn1. The molecule has 0 aromatic carbocycles. The van der Waals surface area contributed by atoms with E-state index in [4.69, 9.17) is 9.47 Å². The van der Waals surface area contributed by atoms with E-state index in [0.29, 0.717) is 57.8 Å². The molecule has 3 rings (SSSR count). The molecule has 9 heteroatoms. The van der Waals surface area contributed by atoms with Gasteiger partial charge in [-0.2, -0.15) is 22.1 Å². The van der Waals surface area contributed by atoms with Gasteiger partial charge in [0.15, 0.2) is 0 Å². The van der Waals surface area contributed by atoms with E-state index in [9.17, 15) is 8.42 Å². The molecule has 0 radical (unpaired) electrons. The summed E-state index contributed by atoms with van der Waals surface area (Å²) < 4.78 is 39.5. The van der Waals surface area contributed by atoms with Gasteiger partial charge in [-0.3, -0.25) is 0 Å². The van der Waals surface area contributed by atoms with Crippen LogP contribution in [-0.4, -0.2) is 73.2 Å². The Bertz CT molecular complexity index is 704. The van der Waals surface area contributed by atoms with Crippen LogP contribution in [-0.2, 0) is 20.4 Å². The monoisotopic (exact) mass is 398 g/mol.